The lowest BCUT2D eigenvalue weighted by molar-refractivity contribution is -0.122. The maximum atomic E-state index is 11.6. The molecule has 1 fully saturated rings. The fraction of sp³-hybridized carbons (Fsp3) is 0.818. The Balaban J connectivity index is 2.23. The quantitative estimate of drug-likeness (QED) is 0.607. The first-order chi connectivity index (χ1) is 7.43. The van der Waals surface area contributed by atoms with Gasteiger partial charge in [-0.05, 0) is 20.3 Å². The lowest BCUT2D eigenvalue weighted by atomic mass is 10.0. The van der Waals surface area contributed by atoms with Gasteiger partial charge in [0.15, 0.2) is 0 Å². The van der Waals surface area contributed by atoms with Crippen molar-refractivity contribution in [3.8, 4) is 0 Å². The topological polar surface area (TPSA) is 70.2 Å². The number of amides is 2. The van der Waals surface area contributed by atoms with Crippen LogP contribution in [0.15, 0.2) is 0 Å². The molecule has 5 nitrogen and oxygen atoms in total. The van der Waals surface area contributed by atoms with Crippen LogP contribution in [0, 0.1) is 0 Å². The van der Waals surface area contributed by atoms with E-state index in [0.29, 0.717) is 13.0 Å². The van der Waals surface area contributed by atoms with E-state index in [9.17, 15) is 9.59 Å². The number of nitrogens with one attached hydrogen (secondary N) is 3. The minimum absolute atomic E-state index is 0.0220. The smallest absolute Gasteiger partial charge is 0.234 e. The lowest BCUT2D eigenvalue weighted by Crippen LogP contribution is -2.48. The molecule has 0 aliphatic carbocycles. The van der Waals surface area contributed by atoms with E-state index in [1.165, 1.54) is 0 Å². The van der Waals surface area contributed by atoms with Crippen LogP contribution in [0.4, 0.5) is 0 Å². The van der Waals surface area contributed by atoms with Crippen molar-refractivity contribution in [3.05, 3.63) is 0 Å². The van der Waals surface area contributed by atoms with Crippen LogP contribution >= 0.6 is 0 Å². The summed E-state index contributed by atoms with van der Waals surface area (Å²) < 4.78 is 0. The standard InChI is InChI=1S/C11H21N3O2/c1-4-11(2,3)14-10(16)7-12-8-5-9(15)13-6-8/h8,12H,4-7H2,1-3H3,(H,13,15)(H,14,16). The summed E-state index contributed by atoms with van der Waals surface area (Å²) in [6.45, 7) is 6.90. The zero-order valence-corrected chi connectivity index (χ0v) is 10.2. The summed E-state index contributed by atoms with van der Waals surface area (Å²) in [5, 5.41) is 8.72. The minimum Gasteiger partial charge on any atom is -0.354 e. The molecule has 0 aromatic carbocycles. The van der Waals surface area contributed by atoms with Gasteiger partial charge in [-0.2, -0.15) is 0 Å². The molecule has 1 atom stereocenters. The van der Waals surface area contributed by atoms with Crippen LogP contribution in [0.2, 0.25) is 0 Å². The van der Waals surface area contributed by atoms with Crippen LogP contribution in [0.1, 0.15) is 33.6 Å². The highest BCUT2D eigenvalue weighted by atomic mass is 16.2. The second kappa shape index (κ2) is 5.30. The third-order valence-electron chi connectivity index (χ3n) is 2.89. The van der Waals surface area contributed by atoms with Gasteiger partial charge in [0.1, 0.15) is 0 Å². The van der Waals surface area contributed by atoms with Crippen molar-refractivity contribution >= 4 is 11.8 Å². The molecule has 16 heavy (non-hydrogen) atoms. The summed E-state index contributed by atoms with van der Waals surface area (Å²) in [7, 11) is 0. The maximum absolute atomic E-state index is 11.6. The van der Waals surface area contributed by atoms with Crippen LogP contribution in [0.5, 0.6) is 0 Å². The summed E-state index contributed by atoms with van der Waals surface area (Å²) in [6.07, 6.45) is 1.35. The molecule has 1 rings (SSSR count). The van der Waals surface area contributed by atoms with Gasteiger partial charge in [-0.15, -0.1) is 0 Å². The average Bonchev–Trinajstić information content (AvgIpc) is 2.61. The molecule has 1 aliphatic heterocycles. The Morgan fingerprint density at radius 2 is 2.25 bits per heavy atom. The van der Waals surface area contributed by atoms with Gasteiger partial charge < -0.3 is 16.0 Å². The number of rotatable bonds is 5. The molecule has 0 spiro atoms. The summed E-state index contributed by atoms with van der Waals surface area (Å²) in [5.41, 5.74) is -0.164. The molecule has 0 saturated carbocycles. The van der Waals surface area contributed by atoms with Crippen LogP contribution in [-0.2, 0) is 9.59 Å². The number of hydrogen-bond donors (Lipinski definition) is 3. The van der Waals surface area contributed by atoms with Gasteiger partial charge in [-0.25, -0.2) is 0 Å². The summed E-state index contributed by atoms with van der Waals surface area (Å²) in [5.74, 6) is 0.0259. The second-order valence-corrected chi connectivity index (χ2v) is 4.87. The molecule has 0 radical (unpaired) electrons. The molecule has 1 unspecified atom stereocenters. The molecular formula is C11H21N3O2. The molecule has 1 heterocycles. The summed E-state index contributed by atoms with van der Waals surface area (Å²) in [6, 6.07) is 0.0861. The summed E-state index contributed by atoms with van der Waals surface area (Å²) in [4.78, 5) is 22.5. The van der Waals surface area contributed by atoms with E-state index in [4.69, 9.17) is 0 Å². The largest absolute Gasteiger partial charge is 0.354 e. The molecular weight excluding hydrogens is 206 g/mol. The van der Waals surface area contributed by atoms with Gasteiger partial charge in [0.05, 0.1) is 6.54 Å². The van der Waals surface area contributed by atoms with E-state index in [2.05, 4.69) is 16.0 Å². The molecule has 0 aromatic heterocycles. The van der Waals surface area contributed by atoms with Crippen LogP contribution in [0.25, 0.3) is 0 Å². The highest BCUT2D eigenvalue weighted by Crippen LogP contribution is 2.06. The van der Waals surface area contributed by atoms with Crippen molar-refractivity contribution in [2.24, 2.45) is 0 Å². The number of carbonyl (C=O) groups is 2. The van der Waals surface area contributed by atoms with Crippen LogP contribution < -0.4 is 16.0 Å². The van der Waals surface area contributed by atoms with E-state index < -0.39 is 0 Å². The molecule has 1 aliphatic rings. The van der Waals surface area contributed by atoms with E-state index in [0.717, 1.165) is 6.42 Å². The van der Waals surface area contributed by atoms with Crippen LogP contribution in [0.3, 0.4) is 0 Å². The fourth-order valence-corrected chi connectivity index (χ4v) is 1.50. The van der Waals surface area contributed by atoms with E-state index in [1.54, 1.807) is 0 Å². The zero-order chi connectivity index (χ0) is 12.2. The monoisotopic (exact) mass is 227 g/mol. The van der Waals surface area contributed by atoms with Gasteiger partial charge in [-0.3, -0.25) is 9.59 Å². The Bertz CT molecular complexity index is 276. The average molecular weight is 227 g/mol. The van der Waals surface area contributed by atoms with Crippen LogP contribution in [-0.4, -0.2) is 36.5 Å². The van der Waals surface area contributed by atoms with Gasteiger partial charge in [0.2, 0.25) is 11.8 Å². The first-order valence-electron chi connectivity index (χ1n) is 5.74. The highest BCUT2D eigenvalue weighted by molar-refractivity contribution is 5.80. The van der Waals surface area contributed by atoms with Gasteiger partial charge in [0.25, 0.3) is 0 Å². The predicted molar refractivity (Wildman–Crippen MR) is 61.9 cm³/mol. The number of hydrogen-bond acceptors (Lipinski definition) is 3. The molecule has 0 aromatic rings. The third-order valence-corrected chi connectivity index (χ3v) is 2.89. The Labute approximate surface area is 96.4 Å². The van der Waals surface area contributed by atoms with Crippen molar-refractivity contribution in [1.82, 2.24) is 16.0 Å². The molecule has 5 heteroatoms. The minimum atomic E-state index is -0.164. The van der Waals surface area contributed by atoms with E-state index >= 15 is 0 Å². The van der Waals surface area contributed by atoms with Crippen molar-refractivity contribution in [2.75, 3.05) is 13.1 Å². The Morgan fingerprint density at radius 1 is 1.56 bits per heavy atom. The predicted octanol–water partition coefficient (Wildman–Crippen LogP) is -0.231. The van der Waals surface area contributed by atoms with Crippen molar-refractivity contribution in [1.29, 1.82) is 0 Å². The fourth-order valence-electron chi connectivity index (χ4n) is 1.50. The second-order valence-electron chi connectivity index (χ2n) is 4.87. The Hall–Kier alpha value is -1.10. The molecule has 3 N–H and O–H groups in total. The molecule has 92 valence electrons. The normalized spacial score (nSPS) is 20.7. The third kappa shape index (κ3) is 4.18. The van der Waals surface area contributed by atoms with E-state index in [1.807, 2.05) is 20.8 Å². The molecule has 2 amide bonds. The molecule has 0 bridgehead atoms. The maximum Gasteiger partial charge on any atom is 0.234 e. The van der Waals surface area contributed by atoms with Crippen molar-refractivity contribution < 1.29 is 9.59 Å². The van der Waals surface area contributed by atoms with Gasteiger partial charge in [0, 0.05) is 24.5 Å². The Kier molecular flexibility index (Phi) is 4.29. The highest BCUT2D eigenvalue weighted by Gasteiger charge is 2.22. The lowest BCUT2D eigenvalue weighted by Gasteiger charge is -2.24. The zero-order valence-electron chi connectivity index (χ0n) is 10.2. The SMILES string of the molecule is CCC(C)(C)NC(=O)CNC1CNC(=O)C1. The summed E-state index contributed by atoms with van der Waals surface area (Å²) >= 11 is 0. The van der Waals surface area contributed by atoms with Gasteiger partial charge >= 0.3 is 0 Å². The van der Waals surface area contributed by atoms with Gasteiger partial charge in [-0.1, -0.05) is 6.92 Å². The first-order valence-corrected chi connectivity index (χ1v) is 5.74. The van der Waals surface area contributed by atoms with Crippen molar-refractivity contribution in [3.63, 3.8) is 0 Å². The first kappa shape index (κ1) is 13.0. The number of carbonyl (C=O) groups excluding carboxylic acids is 2. The molecule has 1 saturated heterocycles. The Morgan fingerprint density at radius 3 is 2.75 bits per heavy atom. The van der Waals surface area contributed by atoms with Crippen molar-refractivity contribution in [2.45, 2.75) is 45.2 Å². The van der Waals surface area contributed by atoms with E-state index in [-0.39, 0.29) is 29.9 Å².